The van der Waals surface area contributed by atoms with Crippen molar-refractivity contribution in [3.05, 3.63) is 32.1 Å². The number of aliphatic carboxylic acids is 1. The van der Waals surface area contributed by atoms with Crippen LogP contribution in [0.2, 0.25) is 0 Å². The second-order valence-electron chi connectivity index (χ2n) is 7.13. The smallest absolute Gasteiger partial charge is 0.434 e. The van der Waals surface area contributed by atoms with Gasteiger partial charge in [0.1, 0.15) is 22.1 Å². The maximum Gasteiger partial charge on any atom is 0.434 e. The third-order valence-electron chi connectivity index (χ3n) is 4.89. The number of carbonyl (C=O) groups is 3. The van der Waals surface area contributed by atoms with E-state index in [1.54, 1.807) is 6.92 Å². The normalized spacial score (nSPS) is 20.3. The Labute approximate surface area is 210 Å². The quantitative estimate of drug-likeness (QED) is 0.380. The zero-order valence-corrected chi connectivity index (χ0v) is 21.2. The van der Waals surface area contributed by atoms with E-state index in [0.29, 0.717) is 20.3 Å². The third-order valence-corrected chi connectivity index (χ3v) is 9.04. The number of halogens is 4. The molecule has 182 valence electrons. The molecule has 2 aliphatic heterocycles. The molecule has 34 heavy (non-hydrogen) atoms. The van der Waals surface area contributed by atoms with Gasteiger partial charge in [0.15, 0.2) is 15.7 Å². The lowest BCUT2D eigenvalue weighted by atomic mass is 10.0. The minimum absolute atomic E-state index is 0.161. The number of nitrogens with zero attached hydrogens (tertiary/aromatic N) is 5. The first-order valence-electron chi connectivity index (χ1n) is 9.33. The van der Waals surface area contributed by atoms with Crippen molar-refractivity contribution >= 4 is 68.6 Å². The van der Waals surface area contributed by atoms with Crippen LogP contribution in [-0.4, -0.2) is 70.7 Å². The zero-order chi connectivity index (χ0) is 24.9. The summed E-state index contributed by atoms with van der Waals surface area (Å²) in [6, 6.07) is -1.10. The fourth-order valence-electron chi connectivity index (χ4n) is 3.44. The lowest BCUT2D eigenvalue weighted by Gasteiger charge is -2.49. The number of fused-ring (bicyclic) bond motifs is 1. The summed E-state index contributed by atoms with van der Waals surface area (Å²) in [6.45, 7) is 1.80. The number of β-lactam (4-membered cyclic amide) rings is 1. The molecule has 2 N–H and O–H groups in total. The van der Waals surface area contributed by atoms with Crippen molar-refractivity contribution in [3.63, 3.8) is 0 Å². The summed E-state index contributed by atoms with van der Waals surface area (Å²) < 4.78 is 40.2. The predicted molar refractivity (Wildman–Crippen MR) is 120 cm³/mol. The van der Waals surface area contributed by atoms with E-state index < -0.39 is 51.2 Å². The van der Waals surface area contributed by atoms with Crippen molar-refractivity contribution in [3.8, 4) is 0 Å². The molecule has 0 aromatic carbocycles. The zero-order valence-electron chi connectivity index (χ0n) is 17.2. The molecule has 1 saturated heterocycles. The van der Waals surface area contributed by atoms with E-state index in [-0.39, 0.29) is 11.4 Å². The fourth-order valence-corrected chi connectivity index (χ4v) is 7.48. The summed E-state index contributed by atoms with van der Waals surface area (Å²) in [4.78, 5) is 38.4. The number of nitrogens with one attached hydrogen (secondary N) is 1. The van der Waals surface area contributed by atoms with Gasteiger partial charge in [0.05, 0.1) is 4.47 Å². The van der Waals surface area contributed by atoms with Crippen LogP contribution in [0, 0.1) is 6.92 Å². The van der Waals surface area contributed by atoms with Crippen LogP contribution in [0.5, 0.6) is 0 Å². The summed E-state index contributed by atoms with van der Waals surface area (Å²) >= 11 is 6.69. The van der Waals surface area contributed by atoms with Crippen molar-refractivity contribution in [1.29, 1.82) is 0 Å². The van der Waals surface area contributed by atoms with Gasteiger partial charge in [0.2, 0.25) is 0 Å². The Morgan fingerprint density at radius 3 is 2.62 bits per heavy atom. The number of carboxylic acids is 1. The summed E-state index contributed by atoms with van der Waals surface area (Å²) in [5.41, 5.74) is -1.31. The molecule has 4 rings (SSSR count). The van der Waals surface area contributed by atoms with Crippen molar-refractivity contribution in [1.82, 2.24) is 30.2 Å². The number of hydrogen-bond acceptors (Lipinski definition) is 9. The third kappa shape index (κ3) is 4.45. The van der Waals surface area contributed by atoms with E-state index in [1.807, 2.05) is 0 Å². The maximum absolute atomic E-state index is 13.2. The molecule has 0 radical (unpaired) electrons. The van der Waals surface area contributed by atoms with Gasteiger partial charge in [-0.2, -0.15) is 18.3 Å². The van der Waals surface area contributed by atoms with Crippen LogP contribution in [0.4, 0.5) is 13.2 Å². The summed E-state index contributed by atoms with van der Waals surface area (Å²) in [5.74, 6) is -2.35. The number of carboxylic acid groups (broad SMARTS) is 1. The number of carbonyl (C=O) groups excluding carboxylic acids is 2. The number of alkyl halides is 3. The van der Waals surface area contributed by atoms with Gasteiger partial charge in [-0.05, 0) is 28.4 Å². The number of rotatable bonds is 6. The lowest BCUT2D eigenvalue weighted by molar-refractivity contribution is -0.148. The van der Waals surface area contributed by atoms with E-state index in [1.165, 1.54) is 34.9 Å². The maximum atomic E-state index is 13.2. The molecule has 2 unspecified atom stereocenters. The Hall–Kier alpha value is -2.11. The molecule has 10 nitrogen and oxygen atoms in total. The molecule has 0 spiro atoms. The lowest BCUT2D eigenvalue weighted by Crippen LogP contribution is -2.70. The molecule has 0 bridgehead atoms. The second kappa shape index (κ2) is 9.16. The molecule has 2 aliphatic rings. The molecule has 4 heterocycles. The molecule has 2 aromatic rings. The highest BCUT2D eigenvalue weighted by molar-refractivity contribution is 9.10. The fraction of sp³-hybridized carbons (Fsp3) is 0.412. The number of hydrogen-bond donors (Lipinski definition) is 2. The molecular formula is C17H14BrF3N6O4S3. The van der Waals surface area contributed by atoms with E-state index in [0.717, 1.165) is 17.0 Å². The SMILES string of the molecule is Cc1nnc(SCC2=C(C(=O)O)N3C(=O)C(NC(=O)c4nn(C)c(C(F)(F)F)c4Br)C3SC2)s1. The Morgan fingerprint density at radius 2 is 2.06 bits per heavy atom. The summed E-state index contributed by atoms with van der Waals surface area (Å²) in [5, 5.41) is 23.7. The molecule has 0 aliphatic carbocycles. The van der Waals surface area contributed by atoms with Crippen LogP contribution >= 0.6 is 50.8 Å². The van der Waals surface area contributed by atoms with Crippen LogP contribution in [0.15, 0.2) is 20.1 Å². The summed E-state index contributed by atoms with van der Waals surface area (Å²) in [6.07, 6.45) is -4.75. The predicted octanol–water partition coefficient (Wildman–Crippen LogP) is 2.51. The molecule has 2 atom stereocenters. The Kier molecular flexibility index (Phi) is 6.73. The highest BCUT2D eigenvalue weighted by atomic mass is 79.9. The minimum Gasteiger partial charge on any atom is -0.477 e. The van der Waals surface area contributed by atoms with Crippen LogP contribution in [-0.2, 0) is 22.8 Å². The largest absolute Gasteiger partial charge is 0.477 e. The van der Waals surface area contributed by atoms with E-state index in [9.17, 15) is 32.7 Å². The number of aromatic nitrogens is 4. The second-order valence-corrected chi connectivity index (χ2v) is 11.4. The van der Waals surface area contributed by atoms with Gasteiger partial charge in [0, 0.05) is 18.6 Å². The van der Waals surface area contributed by atoms with Gasteiger partial charge in [-0.3, -0.25) is 19.2 Å². The van der Waals surface area contributed by atoms with E-state index in [4.69, 9.17) is 0 Å². The van der Waals surface area contributed by atoms with Crippen LogP contribution in [0.3, 0.4) is 0 Å². The molecule has 2 aromatic heterocycles. The number of amides is 2. The Balaban J connectivity index is 1.50. The molecular weight excluding hydrogens is 585 g/mol. The number of aryl methyl sites for hydroxylation is 2. The van der Waals surface area contributed by atoms with Crippen molar-refractivity contribution in [2.75, 3.05) is 11.5 Å². The number of thioether (sulfide) groups is 2. The van der Waals surface area contributed by atoms with Gasteiger partial charge < -0.3 is 10.4 Å². The standard InChI is InChI=1S/C17H14BrF3N6O4S3/c1-5-23-24-16(34-5)33-4-6-3-32-14-9(13(29)27(14)10(6)15(30)31)22-12(28)8-7(18)11(17(19,20)21)26(2)25-8/h9,14H,3-4H2,1-2H3,(H,22,28)(H,30,31). The average Bonchev–Trinajstić information content (AvgIpc) is 3.30. The topological polar surface area (TPSA) is 130 Å². The van der Waals surface area contributed by atoms with Gasteiger partial charge in [-0.15, -0.1) is 22.0 Å². The first kappa shape index (κ1) is 25.0. The van der Waals surface area contributed by atoms with Gasteiger partial charge in [-0.1, -0.05) is 23.1 Å². The van der Waals surface area contributed by atoms with Crippen LogP contribution in [0.25, 0.3) is 0 Å². The van der Waals surface area contributed by atoms with Crippen molar-refractivity contribution < 1.29 is 32.7 Å². The highest BCUT2D eigenvalue weighted by Gasteiger charge is 2.54. The molecule has 2 amide bonds. The first-order chi connectivity index (χ1) is 15.9. The molecule has 1 fully saturated rings. The highest BCUT2D eigenvalue weighted by Crippen LogP contribution is 2.42. The van der Waals surface area contributed by atoms with Gasteiger partial charge >= 0.3 is 12.1 Å². The van der Waals surface area contributed by atoms with Crippen molar-refractivity contribution in [2.24, 2.45) is 7.05 Å². The van der Waals surface area contributed by atoms with Gasteiger partial charge in [0.25, 0.3) is 11.8 Å². The van der Waals surface area contributed by atoms with Crippen LogP contribution in [0.1, 0.15) is 21.2 Å². The van der Waals surface area contributed by atoms with Crippen LogP contribution < -0.4 is 5.32 Å². The first-order valence-corrected chi connectivity index (χ1v) is 13.0. The van der Waals surface area contributed by atoms with E-state index in [2.05, 4.69) is 36.5 Å². The summed E-state index contributed by atoms with van der Waals surface area (Å²) in [7, 11) is 1.05. The van der Waals surface area contributed by atoms with Gasteiger partial charge in [-0.25, -0.2) is 4.79 Å². The molecule has 0 saturated carbocycles. The van der Waals surface area contributed by atoms with Crippen molar-refractivity contribution in [2.45, 2.75) is 28.9 Å². The molecule has 17 heteroatoms. The van der Waals surface area contributed by atoms with E-state index >= 15 is 0 Å². The average molecular weight is 599 g/mol. The monoisotopic (exact) mass is 598 g/mol. The Bertz CT molecular complexity index is 1230. The minimum atomic E-state index is -4.75. The Morgan fingerprint density at radius 1 is 1.35 bits per heavy atom.